The number of para-hydroxylation sites is 1. The second-order valence-corrected chi connectivity index (χ2v) is 6.36. The van der Waals surface area contributed by atoms with Crippen LogP contribution in [0.5, 0.6) is 5.75 Å². The minimum atomic E-state index is -0.483. The van der Waals surface area contributed by atoms with Gasteiger partial charge in [-0.05, 0) is 38.9 Å². The molecule has 4 heteroatoms. The molecule has 3 atom stereocenters. The Hall–Kier alpha value is -1.10. The van der Waals surface area contributed by atoms with E-state index in [0.717, 1.165) is 30.4 Å². The molecule has 2 fully saturated rings. The van der Waals surface area contributed by atoms with Crippen LogP contribution in [0.3, 0.4) is 0 Å². The molecule has 3 unspecified atom stereocenters. The van der Waals surface area contributed by atoms with Crippen LogP contribution in [0.25, 0.3) is 0 Å². The van der Waals surface area contributed by atoms with Crippen molar-refractivity contribution in [2.75, 3.05) is 33.8 Å². The number of methoxy groups -OCH3 is 1. The number of β-amino-alcohol motifs (C(OH)–C–C–N with tert-alkyl or cyclic N) is 1. The lowest BCUT2D eigenvalue weighted by Gasteiger charge is -2.28. The van der Waals surface area contributed by atoms with Crippen LogP contribution in [0.15, 0.2) is 24.3 Å². The molecule has 21 heavy (non-hydrogen) atoms. The summed E-state index contributed by atoms with van der Waals surface area (Å²) in [5, 5.41) is 10.6. The maximum Gasteiger partial charge on any atom is 0.124 e. The molecule has 2 aliphatic heterocycles. The number of likely N-dealkylation sites (tertiary alicyclic amines) is 1. The molecule has 2 saturated heterocycles. The second-order valence-electron chi connectivity index (χ2n) is 6.36. The van der Waals surface area contributed by atoms with Crippen molar-refractivity contribution < 1.29 is 9.84 Å². The number of likely N-dealkylation sites (N-methyl/N-ethyl adjacent to an activating group) is 1. The molecule has 0 amide bonds. The lowest BCUT2D eigenvalue weighted by molar-refractivity contribution is 0.104. The van der Waals surface area contributed by atoms with E-state index in [1.807, 2.05) is 24.3 Å². The number of benzene rings is 1. The highest BCUT2D eigenvalue weighted by atomic mass is 16.5. The Balaban J connectivity index is 1.66. The van der Waals surface area contributed by atoms with E-state index in [2.05, 4.69) is 16.8 Å². The van der Waals surface area contributed by atoms with Gasteiger partial charge in [-0.2, -0.15) is 0 Å². The van der Waals surface area contributed by atoms with Gasteiger partial charge in [-0.25, -0.2) is 0 Å². The number of aliphatic hydroxyl groups excluding tert-OH is 1. The maximum atomic E-state index is 10.6. The van der Waals surface area contributed by atoms with Gasteiger partial charge in [0.1, 0.15) is 5.75 Å². The first kappa shape index (κ1) is 14.8. The van der Waals surface area contributed by atoms with Crippen molar-refractivity contribution in [1.29, 1.82) is 0 Å². The fraction of sp³-hybridized carbons (Fsp3) is 0.647. The second kappa shape index (κ2) is 6.34. The Morgan fingerprint density at radius 2 is 2.00 bits per heavy atom. The third kappa shape index (κ3) is 3.07. The third-order valence-electron chi connectivity index (χ3n) is 5.16. The van der Waals surface area contributed by atoms with E-state index in [9.17, 15) is 5.11 Å². The first-order chi connectivity index (χ1) is 10.2. The number of rotatable bonds is 4. The highest BCUT2D eigenvalue weighted by Gasteiger charge is 2.35. The SMILES string of the molecule is COc1ccccc1C(O)CN1CCC2CCC(C1)N2C. The van der Waals surface area contributed by atoms with Crippen LogP contribution in [-0.2, 0) is 0 Å². The van der Waals surface area contributed by atoms with Crippen LogP contribution in [0, 0.1) is 0 Å². The molecular weight excluding hydrogens is 264 g/mol. The molecular formula is C17H26N2O2. The number of ether oxygens (including phenoxy) is 1. The van der Waals surface area contributed by atoms with Crippen molar-refractivity contribution in [3.63, 3.8) is 0 Å². The topological polar surface area (TPSA) is 35.9 Å². The molecule has 4 nitrogen and oxygen atoms in total. The van der Waals surface area contributed by atoms with Gasteiger partial charge in [0.2, 0.25) is 0 Å². The minimum absolute atomic E-state index is 0.483. The number of hydrogen-bond donors (Lipinski definition) is 1. The van der Waals surface area contributed by atoms with E-state index < -0.39 is 6.10 Å². The van der Waals surface area contributed by atoms with E-state index in [-0.39, 0.29) is 0 Å². The van der Waals surface area contributed by atoms with Crippen molar-refractivity contribution in [2.24, 2.45) is 0 Å². The van der Waals surface area contributed by atoms with Crippen molar-refractivity contribution >= 4 is 0 Å². The van der Waals surface area contributed by atoms with Gasteiger partial charge in [-0.3, -0.25) is 9.80 Å². The van der Waals surface area contributed by atoms with Gasteiger partial charge in [0, 0.05) is 30.7 Å². The number of fused-ring (bicyclic) bond motifs is 2. The molecule has 2 heterocycles. The third-order valence-corrected chi connectivity index (χ3v) is 5.16. The number of nitrogens with zero attached hydrogens (tertiary/aromatic N) is 2. The zero-order valence-corrected chi connectivity index (χ0v) is 13.0. The summed E-state index contributed by atoms with van der Waals surface area (Å²) in [7, 11) is 3.91. The minimum Gasteiger partial charge on any atom is -0.496 e. The summed E-state index contributed by atoms with van der Waals surface area (Å²) in [5.41, 5.74) is 0.891. The summed E-state index contributed by atoms with van der Waals surface area (Å²) in [6.07, 6.45) is 3.36. The molecule has 1 N–H and O–H groups in total. The van der Waals surface area contributed by atoms with Crippen LogP contribution >= 0.6 is 0 Å². The highest BCUT2D eigenvalue weighted by molar-refractivity contribution is 5.35. The Labute approximate surface area is 127 Å². The summed E-state index contributed by atoms with van der Waals surface area (Å²) < 4.78 is 5.36. The van der Waals surface area contributed by atoms with Crippen LogP contribution in [-0.4, -0.2) is 60.8 Å². The van der Waals surface area contributed by atoms with Crippen LogP contribution in [0.1, 0.15) is 30.9 Å². The maximum absolute atomic E-state index is 10.6. The fourth-order valence-electron chi connectivity index (χ4n) is 3.83. The normalized spacial score (nSPS) is 28.3. The molecule has 2 bridgehead atoms. The highest BCUT2D eigenvalue weighted by Crippen LogP contribution is 2.30. The molecule has 0 radical (unpaired) electrons. The zero-order valence-electron chi connectivity index (χ0n) is 13.0. The first-order valence-corrected chi connectivity index (χ1v) is 7.94. The van der Waals surface area contributed by atoms with E-state index in [1.54, 1.807) is 7.11 Å². The average Bonchev–Trinajstić information content (AvgIpc) is 2.75. The largest absolute Gasteiger partial charge is 0.496 e. The fourth-order valence-corrected chi connectivity index (χ4v) is 3.83. The van der Waals surface area contributed by atoms with E-state index in [4.69, 9.17) is 4.74 Å². The lowest BCUT2D eigenvalue weighted by atomic mass is 10.1. The summed E-state index contributed by atoms with van der Waals surface area (Å²) in [6, 6.07) is 9.16. The zero-order chi connectivity index (χ0) is 14.8. The van der Waals surface area contributed by atoms with Crippen LogP contribution in [0.2, 0.25) is 0 Å². The van der Waals surface area contributed by atoms with Crippen molar-refractivity contribution in [3.8, 4) is 5.75 Å². The standard InChI is InChI=1S/C17H26N2O2/c1-18-13-7-8-14(18)11-19(10-9-13)12-16(20)15-5-3-4-6-17(15)21-2/h3-6,13-14,16,20H,7-12H2,1-2H3. The van der Waals surface area contributed by atoms with Gasteiger partial charge >= 0.3 is 0 Å². The summed E-state index contributed by atoms with van der Waals surface area (Å²) in [4.78, 5) is 4.95. The van der Waals surface area contributed by atoms with Crippen molar-refractivity contribution in [3.05, 3.63) is 29.8 Å². The van der Waals surface area contributed by atoms with E-state index in [1.165, 1.54) is 19.3 Å². The summed E-state index contributed by atoms with van der Waals surface area (Å²) >= 11 is 0. The van der Waals surface area contributed by atoms with Gasteiger partial charge in [-0.1, -0.05) is 18.2 Å². The Bertz CT molecular complexity index is 480. The van der Waals surface area contributed by atoms with E-state index in [0.29, 0.717) is 12.6 Å². The van der Waals surface area contributed by atoms with Crippen LogP contribution < -0.4 is 4.74 Å². The van der Waals surface area contributed by atoms with Crippen LogP contribution in [0.4, 0.5) is 0 Å². The van der Waals surface area contributed by atoms with Crippen molar-refractivity contribution in [1.82, 2.24) is 9.80 Å². The molecule has 0 aromatic heterocycles. The molecule has 0 aliphatic carbocycles. The molecule has 3 rings (SSSR count). The molecule has 2 aliphatic rings. The predicted octanol–water partition coefficient (Wildman–Crippen LogP) is 1.90. The summed E-state index contributed by atoms with van der Waals surface area (Å²) in [6.45, 7) is 2.84. The molecule has 1 aromatic rings. The van der Waals surface area contributed by atoms with Crippen molar-refractivity contribution in [2.45, 2.75) is 37.5 Å². The Morgan fingerprint density at radius 1 is 1.24 bits per heavy atom. The molecule has 0 spiro atoms. The van der Waals surface area contributed by atoms with Gasteiger partial charge in [0.25, 0.3) is 0 Å². The smallest absolute Gasteiger partial charge is 0.124 e. The monoisotopic (exact) mass is 290 g/mol. The van der Waals surface area contributed by atoms with Gasteiger partial charge in [0.05, 0.1) is 13.2 Å². The summed E-state index contributed by atoms with van der Waals surface area (Å²) in [5.74, 6) is 0.776. The number of hydrogen-bond acceptors (Lipinski definition) is 4. The predicted molar refractivity (Wildman–Crippen MR) is 83.6 cm³/mol. The van der Waals surface area contributed by atoms with E-state index >= 15 is 0 Å². The van der Waals surface area contributed by atoms with Gasteiger partial charge in [0.15, 0.2) is 0 Å². The Morgan fingerprint density at radius 3 is 2.81 bits per heavy atom. The molecule has 116 valence electrons. The lowest BCUT2D eigenvalue weighted by Crippen LogP contribution is -2.38. The van der Waals surface area contributed by atoms with Gasteiger partial charge in [-0.15, -0.1) is 0 Å². The first-order valence-electron chi connectivity index (χ1n) is 7.94. The quantitative estimate of drug-likeness (QED) is 0.919. The van der Waals surface area contributed by atoms with Gasteiger partial charge < -0.3 is 9.84 Å². The average molecular weight is 290 g/mol. The number of aliphatic hydroxyl groups is 1. The molecule has 1 aromatic carbocycles. The molecule has 0 saturated carbocycles. The Kier molecular flexibility index (Phi) is 4.48.